The van der Waals surface area contributed by atoms with Crippen molar-refractivity contribution in [1.29, 1.82) is 0 Å². The van der Waals surface area contributed by atoms with E-state index in [4.69, 9.17) is 20.1 Å². The number of amidine groups is 1. The highest BCUT2D eigenvalue weighted by Crippen LogP contribution is 2.32. The normalized spacial score (nSPS) is 11.5. The molecule has 0 amide bonds. The van der Waals surface area contributed by atoms with Crippen molar-refractivity contribution in [2.24, 2.45) is 10.9 Å². The molecule has 0 saturated heterocycles. The lowest BCUT2D eigenvalue weighted by Crippen LogP contribution is -2.14. The van der Waals surface area contributed by atoms with Crippen LogP contribution in [0.25, 0.3) is 0 Å². The molecular weight excluding hydrogens is 254 g/mol. The Balaban J connectivity index is 2.41. The highest BCUT2D eigenvalue weighted by Gasteiger charge is 2.12. The molecule has 0 bridgehead atoms. The number of rotatable bonds is 4. The van der Waals surface area contributed by atoms with E-state index in [1.54, 1.807) is 31.5 Å². The number of methoxy groups -OCH3 is 1. The number of nitrogens with zero attached hydrogens (tertiary/aromatic N) is 2. The number of hydrogen-bond donors (Lipinski definition) is 2. The van der Waals surface area contributed by atoms with E-state index < -0.39 is 0 Å². The van der Waals surface area contributed by atoms with E-state index in [2.05, 4.69) is 10.1 Å². The molecule has 7 heteroatoms. The van der Waals surface area contributed by atoms with Crippen LogP contribution in [0.15, 0.2) is 50.4 Å². The zero-order valence-electron chi connectivity index (χ0n) is 9.53. The van der Waals surface area contributed by atoms with Crippen molar-refractivity contribution in [3.05, 3.63) is 36.2 Å². The second-order valence-corrected chi connectivity index (χ2v) is 4.24. The zero-order chi connectivity index (χ0) is 13.0. The maximum Gasteiger partial charge on any atom is 0.260 e. The summed E-state index contributed by atoms with van der Waals surface area (Å²) in [6.07, 6.45) is 3.03. The number of nitrogens with two attached hydrogens (primary N) is 1. The minimum absolute atomic E-state index is 0.0201. The van der Waals surface area contributed by atoms with Gasteiger partial charge in [-0.25, -0.2) is 4.98 Å². The van der Waals surface area contributed by atoms with Crippen molar-refractivity contribution in [2.45, 2.75) is 10.1 Å². The molecule has 0 saturated carbocycles. The van der Waals surface area contributed by atoms with E-state index in [1.807, 2.05) is 0 Å². The number of oxazole rings is 1. The third kappa shape index (κ3) is 2.57. The zero-order valence-corrected chi connectivity index (χ0v) is 10.3. The molecule has 0 aliphatic rings. The first-order chi connectivity index (χ1) is 8.74. The van der Waals surface area contributed by atoms with Gasteiger partial charge in [-0.3, -0.25) is 0 Å². The number of benzene rings is 1. The lowest BCUT2D eigenvalue weighted by atomic mass is 10.2. The molecule has 1 aromatic heterocycles. The van der Waals surface area contributed by atoms with E-state index in [1.165, 1.54) is 18.0 Å². The van der Waals surface area contributed by atoms with Gasteiger partial charge >= 0.3 is 0 Å². The maximum absolute atomic E-state index is 8.75. The summed E-state index contributed by atoms with van der Waals surface area (Å²) in [5, 5.41) is 12.2. The average molecular weight is 265 g/mol. The molecule has 0 radical (unpaired) electrons. The van der Waals surface area contributed by atoms with Gasteiger partial charge in [-0.05, 0) is 30.0 Å². The summed E-state index contributed by atoms with van der Waals surface area (Å²) in [6, 6.07) is 5.20. The molecule has 0 unspecified atom stereocenters. The molecule has 0 fully saturated rings. The van der Waals surface area contributed by atoms with Crippen molar-refractivity contribution in [3.63, 3.8) is 0 Å². The predicted octanol–water partition coefficient (Wildman–Crippen LogP) is 1.93. The van der Waals surface area contributed by atoms with Gasteiger partial charge in [0.2, 0.25) is 0 Å². The Morgan fingerprint density at radius 3 is 3.00 bits per heavy atom. The van der Waals surface area contributed by atoms with E-state index >= 15 is 0 Å². The third-order valence-corrected chi connectivity index (χ3v) is 3.11. The van der Waals surface area contributed by atoms with Gasteiger partial charge < -0.3 is 20.1 Å². The highest BCUT2D eigenvalue weighted by molar-refractivity contribution is 7.99. The second kappa shape index (κ2) is 5.46. The van der Waals surface area contributed by atoms with E-state index in [0.29, 0.717) is 16.5 Å². The Morgan fingerprint density at radius 2 is 2.39 bits per heavy atom. The lowest BCUT2D eigenvalue weighted by Gasteiger charge is -2.08. The molecule has 0 aliphatic carbocycles. The van der Waals surface area contributed by atoms with Crippen LogP contribution in [0.5, 0.6) is 5.75 Å². The summed E-state index contributed by atoms with van der Waals surface area (Å²) in [7, 11) is 1.57. The number of aromatic nitrogens is 1. The van der Waals surface area contributed by atoms with Gasteiger partial charge in [0.1, 0.15) is 12.0 Å². The second-order valence-electron chi connectivity index (χ2n) is 3.25. The van der Waals surface area contributed by atoms with Crippen LogP contribution in [0.3, 0.4) is 0 Å². The predicted molar refractivity (Wildman–Crippen MR) is 66.1 cm³/mol. The van der Waals surface area contributed by atoms with Crippen LogP contribution in [0.2, 0.25) is 0 Å². The standard InChI is InChI=1S/C11H11N3O3S/c1-16-7-2-3-8(10(12)14-15)9(6-7)18-11-13-4-5-17-11/h2-6,15H,1H3,(H2,12,14). The van der Waals surface area contributed by atoms with Crippen molar-refractivity contribution in [3.8, 4) is 5.75 Å². The largest absolute Gasteiger partial charge is 0.497 e. The molecule has 18 heavy (non-hydrogen) atoms. The minimum Gasteiger partial charge on any atom is -0.497 e. The Kier molecular flexibility index (Phi) is 3.73. The smallest absolute Gasteiger partial charge is 0.260 e. The Labute approximate surface area is 107 Å². The SMILES string of the molecule is COc1ccc(/C(N)=N/O)c(Sc2ncco2)c1. The molecule has 1 aromatic carbocycles. The topological polar surface area (TPSA) is 93.9 Å². The van der Waals surface area contributed by atoms with E-state index in [-0.39, 0.29) is 5.84 Å². The van der Waals surface area contributed by atoms with Gasteiger partial charge in [-0.15, -0.1) is 0 Å². The average Bonchev–Trinajstić information content (AvgIpc) is 2.90. The van der Waals surface area contributed by atoms with Crippen LogP contribution in [-0.2, 0) is 0 Å². The summed E-state index contributed by atoms with van der Waals surface area (Å²) in [5.74, 6) is 0.685. The fourth-order valence-corrected chi connectivity index (χ4v) is 2.20. The summed E-state index contributed by atoms with van der Waals surface area (Å²) in [6.45, 7) is 0. The molecule has 94 valence electrons. The van der Waals surface area contributed by atoms with Gasteiger partial charge in [0, 0.05) is 10.5 Å². The Morgan fingerprint density at radius 1 is 1.56 bits per heavy atom. The fourth-order valence-electron chi connectivity index (χ4n) is 1.33. The van der Waals surface area contributed by atoms with Gasteiger partial charge in [-0.2, -0.15) is 0 Å². The van der Waals surface area contributed by atoms with Gasteiger partial charge in [0.15, 0.2) is 5.84 Å². The molecule has 0 spiro atoms. The molecule has 6 nitrogen and oxygen atoms in total. The van der Waals surface area contributed by atoms with Crippen molar-refractivity contribution >= 4 is 17.6 Å². The molecule has 0 aliphatic heterocycles. The molecule has 0 atom stereocenters. The molecule has 2 rings (SSSR count). The minimum atomic E-state index is 0.0201. The van der Waals surface area contributed by atoms with E-state index in [9.17, 15) is 0 Å². The summed E-state index contributed by atoms with van der Waals surface area (Å²) < 4.78 is 10.3. The molecular formula is C11H11N3O3S. The summed E-state index contributed by atoms with van der Waals surface area (Å²) >= 11 is 1.26. The molecule has 3 N–H and O–H groups in total. The quantitative estimate of drug-likeness (QED) is 0.379. The van der Waals surface area contributed by atoms with Crippen molar-refractivity contribution in [1.82, 2.24) is 4.98 Å². The number of hydrogen-bond acceptors (Lipinski definition) is 6. The van der Waals surface area contributed by atoms with Crippen molar-refractivity contribution < 1.29 is 14.4 Å². The van der Waals surface area contributed by atoms with Gasteiger partial charge in [0.05, 0.1) is 13.3 Å². The summed E-state index contributed by atoms with van der Waals surface area (Å²) in [4.78, 5) is 4.73. The molecule has 2 aromatic rings. The molecule has 1 heterocycles. The lowest BCUT2D eigenvalue weighted by molar-refractivity contribution is 0.318. The summed E-state index contributed by atoms with van der Waals surface area (Å²) in [5.41, 5.74) is 6.20. The van der Waals surface area contributed by atoms with Crippen LogP contribution in [0, 0.1) is 0 Å². The van der Waals surface area contributed by atoms with Crippen LogP contribution < -0.4 is 10.5 Å². The first-order valence-corrected chi connectivity index (χ1v) is 5.79. The van der Waals surface area contributed by atoms with Crippen molar-refractivity contribution in [2.75, 3.05) is 7.11 Å². The fraction of sp³-hybridized carbons (Fsp3) is 0.0909. The van der Waals surface area contributed by atoms with Crippen LogP contribution in [-0.4, -0.2) is 23.1 Å². The number of oxime groups is 1. The highest BCUT2D eigenvalue weighted by atomic mass is 32.2. The van der Waals surface area contributed by atoms with Crippen LogP contribution in [0.1, 0.15) is 5.56 Å². The Hall–Kier alpha value is -2.15. The van der Waals surface area contributed by atoms with Crippen LogP contribution in [0.4, 0.5) is 0 Å². The third-order valence-electron chi connectivity index (χ3n) is 2.18. The first-order valence-electron chi connectivity index (χ1n) is 4.98. The van der Waals surface area contributed by atoms with Gasteiger partial charge in [-0.1, -0.05) is 5.16 Å². The Bertz CT molecular complexity index is 555. The first kappa shape index (κ1) is 12.3. The van der Waals surface area contributed by atoms with E-state index in [0.717, 1.165) is 4.90 Å². The number of ether oxygens (including phenoxy) is 1. The van der Waals surface area contributed by atoms with Gasteiger partial charge in [0.25, 0.3) is 5.22 Å². The van der Waals surface area contributed by atoms with Crippen LogP contribution >= 0.6 is 11.8 Å². The maximum atomic E-state index is 8.75. The monoisotopic (exact) mass is 265 g/mol.